The van der Waals surface area contributed by atoms with Crippen molar-refractivity contribution in [3.8, 4) is 5.69 Å². The molecule has 3 aliphatic rings. The van der Waals surface area contributed by atoms with Gasteiger partial charge in [-0.1, -0.05) is 48.0 Å². The molecule has 0 radical (unpaired) electrons. The van der Waals surface area contributed by atoms with Gasteiger partial charge in [0.1, 0.15) is 35.8 Å². The minimum absolute atomic E-state index is 0.190. The number of ether oxygens (including phenoxy) is 4. The van der Waals surface area contributed by atoms with E-state index in [1.54, 1.807) is 32.4 Å². The molecule has 3 fully saturated rings. The van der Waals surface area contributed by atoms with E-state index in [2.05, 4.69) is 16.0 Å². The number of hydrogen-bond acceptors (Lipinski definition) is 9. The molecule has 3 heterocycles. The van der Waals surface area contributed by atoms with Gasteiger partial charge < -0.3 is 24.1 Å². The first-order valence-corrected chi connectivity index (χ1v) is 14.6. The highest BCUT2D eigenvalue weighted by Crippen LogP contribution is 2.44. The Labute approximate surface area is 249 Å². The van der Waals surface area contributed by atoms with Crippen LogP contribution in [-0.4, -0.2) is 62.5 Å². The molecule has 3 aromatic rings. The van der Waals surface area contributed by atoms with Gasteiger partial charge >= 0.3 is 6.09 Å². The van der Waals surface area contributed by atoms with Crippen LogP contribution in [0.5, 0.6) is 0 Å². The number of benzene rings is 2. The summed E-state index contributed by atoms with van der Waals surface area (Å²) >= 11 is 6.42. The third-order valence-electron chi connectivity index (χ3n) is 7.45. The molecule has 2 aliphatic heterocycles. The minimum atomic E-state index is -1.21. The van der Waals surface area contributed by atoms with Gasteiger partial charge in [0, 0.05) is 10.6 Å². The van der Waals surface area contributed by atoms with Crippen molar-refractivity contribution in [2.75, 3.05) is 6.61 Å². The van der Waals surface area contributed by atoms with Gasteiger partial charge in [0.05, 0.1) is 18.3 Å². The van der Waals surface area contributed by atoms with E-state index in [0.29, 0.717) is 22.6 Å². The number of aliphatic hydroxyl groups is 1. The Hall–Kier alpha value is -3.06. The second-order valence-electron chi connectivity index (χ2n) is 12.0. The van der Waals surface area contributed by atoms with Crippen molar-refractivity contribution in [1.82, 2.24) is 25.6 Å². The van der Waals surface area contributed by atoms with Gasteiger partial charge in [-0.3, -0.25) is 5.43 Å². The number of nitrogens with one attached hydrogen (secondary N) is 2. The molecule has 224 valence electrons. The highest BCUT2D eigenvalue weighted by molar-refractivity contribution is 6.30. The fraction of sp³-hybridized carbons (Fsp3) is 0.500. The third kappa shape index (κ3) is 6.17. The molecule has 1 saturated carbocycles. The van der Waals surface area contributed by atoms with Crippen LogP contribution in [0.3, 0.4) is 0 Å². The SMILES string of the molecule is Cc1nc([C@@H]2OC3COC(c4ccccc4)O[C@@H]3C(NNC(=O)OC(C)(C)C)C2O)n(-c2cc(Cl)ccc2C2CC2)n1. The summed E-state index contributed by atoms with van der Waals surface area (Å²) in [7, 11) is 0. The lowest BCUT2D eigenvalue weighted by molar-refractivity contribution is -0.313. The molecule has 42 heavy (non-hydrogen) atoms. The van der Waals surface area contributed by atoms with E-state index in [0.717, 1.165) is 29.7 Å². The molecule has 11 nitrogen and oxygen atoms in total. The van der Waals surface area contributed by atoms with Gasteiger partial charge in [-0.25, -0.2) is 19.9 Å². The molecule has 1 aliphatic carbocycles. The second-order valence-corrected chi connectivity index (χ2v) is 12.4. The van der Waals surface area contributed by atoms with E-state index < -0.39 is 48.4 Å². The number of aryl methyl sites for hydroxylation is 1. The predicted octanol–water partition coefficient (Wildman–Crippen LogP) is 4.42. The van der Waals surface area contributed by atoms with Crippen LogP contribution in [0.25, 0.3) is 5.69 Å². The average molecular weight is 598 g/mol. The van der Waals surface area contributed by atoms with Gasteiger partial charge in [0.15, 0.2) is 12.1 Å². The van der Waals surface area contributed by atoms with E-state index in [1.807, 2.05) is 48.5 Å². The van der Waals surface area contributed by atoms with Crippen molar-refractivity contribution in [3.63, 3.8) is 0 Å². The van der Waals surface area contributed by atoms with Crippen molar-refractivity contribution < 1.29 is 28.8 Å². The molecule has 0 spiro atoms. The molecule has 2 saturated heterocycles. The number of carbonyl (C=O) groups is 1. The van der Waals surface area contributed by atoms with Crippen molar-refractivity contribution in [1.29, 1.82) is 0 Å². The summed E-state index contributed by atoms with van der Waals surface area (Å²) in [5.74, 6) is 1.34. The Bertz CT molecular complexity index is 1430. The molecule has 3 N–H and O–H groups in total. The summed E-state index contributed by atoms with van der Waals surface area (Å²) in [6.07, 6.45) is -2.61. The van der Waals surface area contributed by atoms with Crippen LogP contribution in [0.15, 0.2) is 48.5 Å². The Morgan fingerprint density at radius 2 is 1.90 bits per heavy atom. The van der Waals surface area contributed by atoms with Crippen LogP contribution in [0.2, 0.25) is 5.02 Å². The molecular formula is C30H36ClN5O6. The zero-order chi connectivity index (χ0) is 29.6. The largest absolute Gasteiger partial charge is 0.443 e. The van der Waals surface area contributed by atoms with Crippen molar-refractivity contribution in [3.05, 3.63) is 76.3 Å². The first-order chi connectivity index (χ1) is 20.1. The predicted molar refractivity (Wildman–Crippen MR) is 153 cm³/mol. The number of halogens is 1. The monoisotopic (exact) mass is 597 g/mol. The number of carbonyl (C=O) groups excluding carboxylic acids is 1. The van der Waals surface area contributed by atoms with Crippen LogP contribution >= 0.6 is 11.6 Å². The lowest BCUT2D eigenvalue weighted by atomic mass is 9.91. The Morgan fingerprint density at radius 3 is 2.62 bits per heavy atom. The summed E-state index contributed by atoms with van der Waals surface area (Å²) in [5, 5.41) is 17.1. The highest BCUT2D eigenvalue weighted by atomic mass is 35.5. The number of aliphatic hydroxyl groups excluding tert-OH is 1. The molecule has 1 amide bonds. The van der Waals surface area contributed by atoms with Crippen LogP contribution in [0, 0.1) is 6.92 Å². The molecule has 12 heteroatoms. The summed E-state index contributed by atoms with van der Waals surface area (Å²) in [6.45, 7) is 7.30. The zero-order valence-corrected chi connectivity index (χ0v) is 24.7. The fourth-order valence-electron chi connectivity index (χ4n) is 5.48. The number of fused-ring (bicyclic) bond motifs is 1. The van der Waals surface area contributed by atoms with Crippen LogP contribution in [0.1, 0.15) is 74.7 Å². The smallest absolute Gasteiger partial charge is 0.422 e. The quantitative estimate of drug-likeness (QED) is 0.354. The second kappa shape index (κ2) is 11.6. The van der Waals surface area contributed by atoms with Crippen molar-refractivity contribution in [2.24, 2.45) is 0 Å². The van der Waals surface area contributed by atoms with Gasteiger partial charge in [0.2, 0.25) is 0 Å². The molecule has 1 aromatic heterocycles. The summed E-state index contributed by atoms with van der Waals surface area (Å²) < 4.78 is 26.0. The van der Waals surface area contributed by atoms with Gasteiger partial charge in [-0.05, 0) is 64.2 Å². The van der Waals surface area contributed by atoms with Gasteiger partial charge in [-0.15, -0.1) is 0 Å². The van der Waals surface area contributed by atoms with Gasteiger partial charge in [0.25, 0.3) is 0 Å². The van der Waals surface area contributed by atoms with Crippen LogP contribution < -0.4 is 10.9 Å². The van der Waals surface area contributed by atoms with Crippen molar-refractivity contribution in [2.45, 2.75) is 88.8 Å². The molecule has 2 aromatic carbocycles. The van der Waals surface area contributed by atoms with E-state index in [9.17, 15) is 9.90 Å². The number of aromatic nitrogens is 3. The third-order valence-corrected chi connectivity index (χ3v) is 7.69. The standard InChI is InChI=1S/C30H36ClN5O6/c1-16-32-27(36(35-16)21-14-19(31)12-13-20(21)17-10-11-17)26-24(37)23(33-34-29(38)42-30(2,3)4)25-22(40-26)15-39-28(41-25)18-8-6-5-7-9-18/h5-9,12-14,17,22-26,28,33,37H,10-11,15H2,1-4H3,(H,34,38)/t22?,23?,24?,25-,26+,28?/m0/s1. The normalized spacial score (nSPS) is 27.8. The topological polar surface area (TPSA) is 129 Å². The number of amides is 1. The Balaban J connectivity index is 1.32. The lowest BCUT2D eigenvalue weighted by Gasteiger charge is -2.48. The van der Waals surface area contributed by atoms with E-state index in [4.69, 9.17) is 35.5 Å². The molecule has 0 bridgehead atoms. The number of nitrogens with zero attached hydrogens (tertiary/aromatic N) is 3. The van der Waals surface area contributed by atoms with Crippen molar-refractivity contribution >= 4 is 17.7 Å². The first-order valence-electron chi connectivity index (χ1n) is 14.2. The highest BCUT2D eigenvalue weighted by Gasteiger charge is 2.51. The fourth-order valence-corrected chi connectivity index (χ4v) is 5.64. The molecular weight excluding hydrogens is 562 g/mol. The summed E-state index contributed by atoms with van der Waals surface area (Å²) in [6, 6.07) is 14.5. The Kier molecular flexibility index (Phi) is 7.99. The number of hydrogen-bond donors (Lipinski definition) is 3. The van der Waals surface area contributed by atoms with Crippen LogP contribution in [0.4, 0.5) is 4.79 Å². The zero-order valence-electron chi connectivity index (χ0n) is 24.0. The minimum Gasteiger partial charge on any atom is -0.443 e. The van der Waals surface area contributed by atoms with Gasteiger partial charge in [-0.2, -0.15) is 5.10 Å². The number of hydrazine groups is 1. The first kappa shape index (κ1) is 29.0. The maximum atomic E-state index is 12.6. The maximum absolute atomic E-state index is 12.6. The average Bonchev–Trinajstić information content (AvgIpc) is 3.72. The van der Waals surface area contributed by atoms with Crippen LogP contribution in [-0.2, 0) is 18.9 Å². The maximum Gasteiger partial charge on any atom is 0.422 e. The van der Waals surface area contributed by atoms with E-state index in [-0.39, 0.29) is 6.61 Å². The van der Waals surface area contributed by atoms with E-state index >= 15 is 0 Å². The molecule has 4 unspecified atom stereocenters. The summed E-state index contributed by atoms with van der Waals surface area (Å²) in [4.78, 5) is 17.3. The lowest BCUT2D eigenvalue weighted by Crippen LogP contribution is -2.66. The number of rotatable bonds is 6. The molecule has 6 rings (SSSR count). The van der Waals surface area contributed by atoms with E-state index in [1.165, 1.54) is 0 Å². The molecule has 6 atom stereocenters. The summed E-state index contributed by atoms with van der Waals surface area (Å²) in [5.41, 5.74) is 7.59. The Morgan fingerprint density at radius 1 is 1.14 bits per heavy atom.